The fourth-order valence-corrected chi connectivity index (χ4v) is 3.24. The Labute approximate surface area is 159 Å². The van der Waals surface area contributed by atoms with Crippen LogP contribution in [0.3, 0.4) is 0 Å². The lowest BCUT2D eigenvalue weighted by atomic mass is 10.1. The van der Waals surface area contributed by atoms with Gasteiger partial charge in [-0.15, -0.1) is 11.8 Å². The summed E-state index contributed by atoms with van der Waals surface area (Å²) in [6.45, 7) is 1.82. The van der Waals surface area contributed by atoms with E-state index < -0.39 is 10.8 Å². The molecule has 2 aromatic rings. The number of nitro groups is 1. The molecule has 0 radical (unpaired) electrons. The number of carbonyl (C=O) groups is 2. The highest BCUT2D eigenvalue weighted by Crippen LogP contribution is 2.30. The Bertz CT molecular complexity index is 860. The number of hydrogen-bond acceptors (Lipinski definition) is 5. The number of halogens is 1. The van der Waals surface area contributed by atoms with E-state index in [0.29, 0.717) is 5.02 Å². The maximum absolute atomic E-state index is 12.1. The van der Waals surface area contributed by atoms with Crippen LogP contribution in [0.25, 0.3) is 0 Å². The number of nitro benzene ring substituents is 1. The van der Waals surface area contributed by atoms with E-state index in [0.717, 1.165) is 23.4 Å². The summed E-state index contributed by atoms with van der Waals surface area (Å²) in [6, 6.07) is 10.8. The third-order valence-electron chi connectivity index (χ3n) is 3.53. The summed E-state index contributed by atoms with van der Waals surface area (Å²) in [5.41, 5.74) is 5.77. The van der Waals surface area contributed by atoms with Gasteiger partial charge in [0, 0.05) is 16.7 Å². The fraction of sp³-hybridized carbons (Fsp3) is 0.176. The molecule has 0 bridgehead atoms. The second kappa shape index (κ2) is 8.68. The molecule has 0 aliphatic carbocycles. The molecular weight excluding hydrogens is 378 g/mol. The Morgan fingerprint density at radius 3 is 2.65 bits per heavy atom. The van der Waals surface area contributed by atoms with Crippen LogP contribution < -0.4 is 11.1 Å². The van der Waals surface area contributed by atoms with Gasteiger partial charge in [0.1, 0.15) is 0 Å². The highest BCUT2D eigenvalue weighted by molar-refractivity contribution is 8.00. The molecule has 1 atom stereocenters. The Hall–Kier alpha value is -2.58. The summed E-state index contributed by atoms with van der Waals surface area (Å²) in [4.78, 5) is 34.1. The van der Waals surface area contributed by atoms with Gasteiger partial charge < -0.3 is 11.1 Å². The van der Waals surface area contributed by atoms with Crippen LogP contribution in [0, 0.1) is 10.1 Å². The molecule has 0 saturated heterocycles. The first kappa shape index (κ1) is 19.7. The number of nitrogens with zero attached hydrogens (tertiary/aromatic N) is 1. The van der Waals surface area contributed by atoms with Crippen molar-refractivity contribution in [2.45, 2.75) is 17.9 Å². The number of thioether (sulfide) groups is 1. The van der Waals surface area contributed by atoms with Crippen LogP contribution in [-0.2, 0) is 4.79 Å². The summed E-state index contributed by atoms with van der Waals surface area (Å²) >= 11 is 6.95. The molecule has 3 N–H and O–H groups in total. The summed E-state index contributed by atoms with van der Waals surface area (Å²) in [6.07, 6.45) is 0. The molecule has 0 saturated carbocycles. The first-order chi connectivity index (χ1) is 12.3. The van der Waals surface area contributed by atoms with Gasteiger partial charge in [0.15, 0.2) is 0 Å². The van der Waals surface area contributed by atoms with Crippen LogP contribution in [0.2, 0.25) is 5.02 Å². The Morgan fingerprint density at radius 2 is 2.04 bits per heavy atom. The van der Waals surface area contributed by atoms with Crippen LogP contribution in [0.1, 0.15) is 28.9 Å². The highest BCUT2D eigenvalue weighted by atomic mass is 35.5. The zero-order valence-electron chi connectivity index (χ0n) is 13.8. The second-order valence-electron chi connectivity index (χ2n) is 5.44. The topological polar surface area (TPSA) is 115 Å². The van der Waals surface area contributed by atoms with Crippen LogP contribution in [0.4, 0.5) is 5.69 Å². The number of primary amides is 1. The predicted octanol–water partition coefficient (Wildman–Crippen LogP) is 3.32. The number of amides is 2. The Balaban J connectivity index is 2.03. The molecule has 136 valence electrons. The lowest BCUT2D eigenvalue weighted by molar-refractivity contribution is -0.387. The predicted molar refractivity (Wildman–Crippen MR) is 100 cm³/mol. The third-order valence-corrected chi connectivity index (χ3v) is 4.82. The van der Waals surface area contributed by atoms with Gasteiger partial charge in [-0.05, 0) is 36.8 Å². The smallest absolute Gasteiger partial charge is 0.283 e. The molecule has 2 amide bonds. The van der Waals surface area contributed by atoms with E-state index in [1.807, 2.05) is 13.0 Å². The van der Waals surface area contributed by atoms with Gasteiger partial charge in [-0.25, -0.2) is 0 Å². The molecule has 0 fully saturated rings. The number of rotatable bonds is 7. The average Bonchev–Trinajstić information content (AvgIpc) is 2.59. The van der Waals surface area contributed by atoms with E-state index in [-0.39, 0.29) is 33.8 Å². The number of hydrogen-bond donors (Lipinski definition) is 2. The van der Waals surface area contributed by atoms with Crippen molar-refractivity contribution in [1.29, 1.82) is 0 Å². The maximum Gasteiger partial charge on any atom is 0.283 e. The van der Waals surface area contributed by atoms with Crippen molar-refractivity contribution >= 4 is 40.9 Å². The van der Waals surface area contributed by atoms with Crippen molar-refractivity contribution in [1.82, 2.24) is 5.32 Å². The monoisotopic (exact) mass is 393 g/mol. The fourth-order valence-electron chi connectivity index (χ4n) is 2.22. The standard InChI is InChI=1S/C17H16ClN3O4S/c1-10(11-3-2-4-13(18)7-11)20-16(22)9-26-15-6-5-12(17(19)23)8-14(15)21(24)25/h2-8,10H,9H2,1H3,(H2,19,23)(H,20,22)/t10-/m0/s1. The van der Waals surface area contributed by atoms with Gasteiger partial charge in [0.25, 0.3) is 5.69 Å². The molecular formula is C17H16ClN3O4S. The van der Waals surface area contributed by atoms with E-state index in [1.54, 1.807) is 18.2 Å². The molecule has 0 unspecified atom stereocenters. The largest absolute Gasteiger partial charge is 0.366 e. The van der Waals surface area contributed by atoms with E-state index >= 15 is 0 Å². The van der Waals surface area contributed by atoms with Crippen LogP contribution in [0.5, 0.6) is 0 Å². The minimum atomic E-state index is -0.752. The summed E-state index contributed by atoms with van der Waals surface area (Å²) in [5, 5.41) is 14.5. The summed E-state index contributed by atoms with van der Waals surface area (Å²) < 4.78 is 0. The molecule has 9 heteroatoms. The van der Waals surface area contributed by atoms with Crippen molar-refractivity contribution in [2.75, 3.05) is 5.75 Å². The first-order valence-corrected chi connectivity index (χ1v) is 8.90. The van der Waals surface area contributed by atoms with Gasteiger partial charge in [0.05, 0.1) is 21.6 Å². The lowest BCUT2D eigenvalue weighted by Crippen LogP contribution is -2.28. The van der Waals surface area contributed by atoms with Crippen LogP contribution in [-0.4, -0.2) is 22.5 Å². The maximum atomic E-state index is 12.1. The molecule has 7 nitrogen and oxygen atoms in total. The molecule has 0 aromatic heterocycles. The van der Waals surface area contributed by atoms with Gasteiger partial charge in [-0.2, -0.15) is 0 Å². The molecule has 2 rings (SSSR count). The van der Waals surface area contributed by atoms with Crippen molar-refractivity contribution in [3.05, 3.63) is 68.7 Å². The van der Waals surface area contributed by atoms with Crippen molar-refractivity contribution < 1.29 is 14.5 Å². The number of carbonyl (C=O) groups excluding carboxylic acids is 2. The van der Waals surface area contributed by atoms with Gasteiger partial charge >= 0.3 is 0 Å². The molecule has 0 spiro atoms. The highest BCUT2D eigenvalue weighted by Gasteiger charge is 2.18. The summed E-state index contributed by atoms with van der Waals surface area (Å²) in [5.74, 6) is -1.05. The Morgan fingerprint density at radius 1 is 1.31 bits per heavy atom. The zero-order valence-corrected chi connectivity index (χ0v) is 15.3. The van der Waals surface area contributed by atoms with Gasteiger partial charge in [-0.3, -0.25) is 19.7 Å². The second-order valence-corrected chi connectivity index (χ2v) is 6.89. The summed E-state index contributed by atoms with van der Waals surface area (Å²) in [7, 11) is 0. The Kier molecular flexibility index (Phi) is 6.59. The molecule has 0 aliphatic heterocycles. The first-order valence-electron chi connectivity index (χ1n) is 7.54. The zero-order chi connectivity index (χ0) is 19.3. The quantitative estimate of drug-likeness (QED) is 0.425. The molecule has 0 heterocycles. The SMILES string of the molecule is C[C@H](NC(=O)CSc1ccc(C(N)=O)cc1[N+](=O)[O-])c1cccc(Cl)c1. The minimum absolute atomic E-state index is 0.0122. The van der Waals surface area contributed by atoms with Crippen LogP contribution >= 0.6 is 23.4 Å². The molecule has 26 heavy (non-hydrogen) atoms. The van der Waals surface area contributed by atoms with Crippen molar-refractivity contribution in [3.8, 4) is 0 Å². The van der Waals surface area contributed by atoms with Gasteiger partial charge in [-0.1, -0.05) is 23.7 Å². The van der Waals surface area contributed by atoms with Gasteiger partial charge in [0.2, 0.25) is 11.8 Å². The van der Waals surface area contributed by atoms with Crippen LogP contribution in [0.15, 0.2) is 47.4 Å². The number of nitrogens with two attached hydrogens (primary N) is 1. The number of nitrogens with one attached hydrogen (secondary N) is 1. The lowest BCUT2D eigenvalue weighted by Gasteiger charge is -2.14. The third kappa shape index (κ3) is 5.21. The molecule has 0 aliphatic rings. The van der Waals surface area contributed by atoms with Crippen molar-refractivity contribution in [2.24, 2.45) is 5.73 Å². The average molecular weight is 394 g/mol. The van der Waals surface area contributed by atoms with E-state index in [2.05, 4.69) is 5.32 Å². The van der Waals surface area contributed by atoms with E-state index in [9.17, 15) is 19.7 Å². The van der Waals surface area contributed by atoms with Crippen molar-refractivity contribution in [3.63, 3.8) is 0 Å². The minimum Gasteiger partial charge on any atom is -0.366 e. The van der Waals surface area contributed by atoms with E-state index in [4.69, 9.17) is 17.3 Å². The number of benzene rings is 2. The molecule has 2 aromatic carbocycles. The normalized spacial score (nSPS) is 11.6. The van der Waals surface area contributed by atoms with E-state index in [1.165, 1.54) is 12.1 Å².